The molecule has 2 aromatic rings. The monoisotopic (exact) mass is 431 g/mol. The smallest absolute Gasteiger partial charge is 0.279 e. The number of nitrogens with zero attached hydrogens (tertiary/aromatic N) is 2. The second-order valence-electron chi connectivity index (χ2n) is 4.29. The summed E-state index contributed by atoms with van der Waals surface area (Å²) in [6.07, 6.45) is 0. The van der Waals surface area contributed by atoms with Crippen LogP contribution in [0.4, 0.5) is 11.4 Å². The van der Waals surface area contributed by atoms with Crippen molar-refractivity contribution < 1.29 is 9.90 Å². The van der Waals surface area contributed by atoms with E-state index >= 15 is 0 Å². The van der Waals surface area contributed by atoms with Crippen LogP contribution in [0.5, 0.6) is 0 Å². The third kappa shape index (κ3) is 18.8. The zero-order valence-electron chi connectivity index (χ0n) is 21.5. The molecule has 0 saturated heterocycles. The summed E-state index contributed by atoms with van der Waals surface area (Å²) in [6, 6.07) is 17.9. The summed E-state index contributed by atoms with van der Waals surface area (Å²) in [6.45, 7) is 21.4. The van der Waals surface area contributed by atoms with Crippen molar-refractivity contribution in [2.45, 2.75) is 76.2 Å². The first-order valence-corrected chi connectivity index (χ1v) is 11.4. The zero-order chi connectivity index (χ0) is 25.1. The number of aliphatic hydroxyl groups excluding tert-OH is 1. The Labute approximate surface area is 191 Å². The molecule has 176 valence electrons. The molecule has 31 heavy (non-hydrogen) atoms. The van der Waals surface area contributed by atoms with Gasteiger partial charge < -0.3 is 10.4 Å². The average Bonchev–Trinajstić information content (AvgIpc) is 2.86. The van der Waals surface area contributed by atoms with Crippen molar-refractivity contribution in [1.29, 1.82) is 0 Å². The Morgan fingerprint density at radius 1 is 0.710 bits per heavy atom. The van der Waals surface area contributed by atoms with Gasteiger partial charge in [0.25, 0.3) is 5.91 Å². The van der Waals surface area contributed by atoms with Crippen LogP contribution >= 0.6 is 0 Å². The van der Waals surface area contributed by atoms with E-state index in [0.29, 0.717) is 11.4 Å². The third-order valence-corrected chi connectivity index (χ3v) is 2.61. The number of para-hydroxylation sites is 1. The van der Waals surface area contributed by atoms with E-state index in [-0.39, 0.29) is 11.5 Å². The minimum atomic E-state index is -0.513. The molecule has 2 N–H and O–H groups in total. The maximum absolute atomic E-state index is 12.1. The highest BCUT2D eigenvalue weighted by molar-refractivity contribution is 6.03. The predicted octanol–water partition coefficient (Wildman–Crippen LogP) is 9.33. The van der Waals surface area contributed by atoms with Gasteiger partial charge in [0.05, 0.1) is 5.69 Å². The van der Waals surface area contributed by atoms with E-state index < -0.39 is 5.91 Å². The van der Waals surface area contributed by atoms with E-state index in [9.17, 15) is 9.90 Å². The molecule has 0 heterocycles. The molecule has 0 spiro atoms. The first-order valence-electron chi connectivity index (χ1n) is 11.4. The Hall–Kier alpha value is -2.95. The van der Waals surface area contributed by atoms with Gasteiger partial charge in [-0.2, -0.15) is 5.11 Å². The molecule has 0 aromatic heterocycles. The second-order valence-corrected chi connectivity index (χ2v) is 4.29. The SMILES string of the molecule is C/C(O)=C(\N=Nc1ccccc1)C(=O)Nc1ccccc1.CC.CC.CC.CC.CC. The zero-order valence-corrected chi connectivity index (χ0v) is 21.5. The number of nitrogens with one attached hydrogen (secondary N) is 1. The third-order valence-electron chi connectivity index (χ3n) is 2.61. The molecule has 5 heteroatoms. The lowest BCUT2D eigenvalue weighted by Crippen LogP contribution is -2.14. The molecular formula is C26H45N3O2. The summed E-state index contributed by atoms with van der Waals surface area (Å²) >= 11 is 0. The summed E-state index contributed by atoms with van der Waals surface area (Å²) in [4.78, 5) is 12.1. The molecule has 0 fully saturated rings. The number of hydrogen-bond acceptors (Lipinski definition) is 4. The van der Waals surface area contributed by atoms with Crippen molar-refractivity contribution in [3.05, 3.63) is 72.1 Å². The Balaban J connectivity index is -0.000000320. The molecule has 0 unspecified atom stereocenters. The number of hydrogen-bond donors (Lipinski definition) is 2. The van der Waals surface area contributed by atoms with E-state index in [1.165, 1.54) is 6.92 Å². The number of benzene rings is 2. The lowest BCUT2D eigenvalue weighted by Gasteiger charge is -2.05. The number of anilines is 1. The van der Waals surface area contributed by atoms with Gasteiger partial charge >= 0.3 is 0 Å². The van der Waals surface area contributed by atoms with Crippen molar-refractivity contribution in [3.8, 4) is 0 Å². The van der Waals surface area contributed by atoms with Crippen molar-refractivity contribution >= 4 is 17.3 Å². The summed E-state index contributed by atoms with van der Waals surface area (Å²) in [7, 11) is 0. The van der Waals surface area contributed by atoms with Gasteiger partial charge in [-0.05, 0) is 31.2 Å². The summed E-state index contributed by atoms with van der Waals surface area (Å²) in [5, 5.41) is 20.0. The lowest BCUT2D eigenvalue weighted by molar-refractivity contribution is -0.113. The molecule has 1 amide bonds. The van der Waals surface area contributed by atoms with E-state index in [2.05, 4.69) is 15.5 Å². The second kappa shape index (κ2) is 29.3. The van der Waals surface area contributed by atoms with Crippen LogP contribution in [0.3, 0.4) is 0 Å². The number of carbonyl (C=O) groups excluding carboxylic acids is 1. The van der Waals surface area contributed by atoms with Crippen molar-refractivity contribution in [1.82, 2.24) is 0 Å². The highest BCUT2D eigenvalue weighted by Gasteiger charge is 2.13. The predicted molar refractivity (Wildman–Crippen MR) is 138 cm³/mol. The van der Waals surface area contributed by atoms with Gasteiger partial charge in [0.2, 0.25) is 0 Å². The molecule has 2 rings (SSSR count). The maximum Gasteiger partial charge on any atom is 0.279 e. The van der Waals surface area contributed by atoms with Gasteiger partial charge in [0.15, 0.2) is 5.70 Å². The van der Waals surface area contributed by atoms with Gasteiger partial charge in [0, 0.05) is 5.69 Å². The summed E-state index contributed by atoms with van der Waals surface area (Å²) in [5.41, 5.74) is 1.10. The Morgan fingerprint density at radius 2 is 1.10 bits per heavy atom. The van der Waals surface area contributed by atoms with Gasteiger partial charge in [-0.3, -0.25) is 4.79 Å². The molecule has 0 aliphatic heterocycles. The summed E-state index contributed by atoms with van der Waals surface area (Å²) < 4.78 is 0. The van der Waals surface area contributed by atoms with Crippen LogP contribution in [0.15, 0.2) is 82.3 Å². The quantitative estimate of drug-likeness (QED) is 0.287. The van der Waals surface area contributed by atoms with Crippen LogP contribution in [-0.2, 0) is 4.79 Å². The van der Waals surface area contributed by atoms with Crippen LogP contribution in [0.25, 0.3) is 0 Å². The maximum atomic E-state index is 12.1. The lowest BCUT2D eigenvalue weighted by atomic mass is 10.3. The van der Waals surface area contributed by atoms with Crippen LogP contribution in [0.1, 0.15) is 76.2 Å². The van der Waals surface area contributed by atoms with Gasteiger partial charge in [-0.25, -0.2) is 0 Å². The molecule has 0 saturated carbocycles. The molecule has 0 aliphatic carbocycles. The topological polar surface area (TPSA) is 74.0 Å². The number of amides is 1. The van der Waals surface area contributed by atoms with E-state index in [4.69, 9.17) is 0 Å². The van der Waals surface area contributed by atoms with Crippen LogP contribution in [-0.4, -0.2) is 11.0 Å². The first kappa shape index (κ1) is 35.5. The van der Waals surface area contributed by atoms with Crippen LogP contribution in [0.2, 0.25) is 0 Å². The van der Waals surface area contributed by atoms with E-state index in [1.807, 2.05) is 93.5 Å². The fraction of sp³-hybridized carbons (Fsp3) is 0.423. The van der Waals surface area contributed by atoms with Gasteiger partial charge in [-0.15, -0.1) is 5.11 Å². The Kier molecular flexibility index (Phi) is 33.5. The van der Waals surface area contributed by atoms with Gasteiger partial charge in [0.1, 0.15) is 5.76 Å². The fourth-order valence-corrected chi connectivity index (χ4v) is 1.60. The average molecular weight is 432 g/mol. The van der Waals surface area contributed by atoms with Crippen molar-refractivity contribution in [2.24, 2.45) is 10.2 Å². The normalized spacial score (nSPS) is 9.13. The largest absolute Gasteiger partial charge is 0.510 e. The molecule has 0 atom stereocenters. The number of azo groups is 1. The molecule has 5 nitrogen and oxygen atoms in total. The van der Waals surface area contributed by atoms with Crippen LogP contribution < -0.4 is 5.32 Å². The number of carbonyl (C=O) groups is 1. The fourth-order valence-electron chi connectivity index (χ4n) is 1.60. The van der Waals surface area contributed by atoms with Crippen molar-refractivity contribution in [2.75, 3.05) is 5.32 Å². The highest BCUT2D eigenvalue weighted by Crippen LogP contribution is 2.15. The molecule has 0 radical (unpaired) electrons. The minimum Gasteiger partial charge on any atom is -0.510 e. The minimum absolute atomic E-state index is 0.122. The first-order chi connectivity index (χ1) is 15.2. The Morgan fingerprint density at radius 3 is 1.48 bits per heavy atom. The van der Waals surface area contributed by atoms with Crippen molar-refractivity contribution in [3.63, 3.8) is 0 Å². The van der Waals surface area contributed by atoms with Crippen LogP contribution in [0, 0.1) is 0 Å². The van der Waals surface area contributed by atoms with E-state index in [0.717, 1.165) is 0 Å². The number of rotatable bonds is 4. The Bertz CT molecular complexity index is 664. The molecule has 0 aliphatic rings. The number of allylic oxidation sites excluding steroid dienone is 1. The van der Waals surface area contributed by atoms with Gasteiger partial charge in [-0.1, -0.05) is 106 Å². The van der Waals surface area contributed by atoms with E-state index in [1.54, 1.807) is 36.4 Å². The molecular weight excluding hydrogens is 386 g/mol. The summed E-state index contributed by atoms with van der Waals surface area (Å²) in [5.74, 6) is -0.705. The number of aliphatic hydroxyl groups is 1. The standard InChI is InChI=1S/C16H15N3O2.5C2H6/c1-12(20)15(19-18-14-10-6-3-7-11-14)16(21)17-13-8-4-2-5-9-13;5*1-2/h2-11,20H,1H3,(H,17,21);5*1-2H3/b15-12+,19-18?;;;;;. The highest BCUT2D eigenvalue weighted by atomic mass is 16.3. The molecule has 0 bridgehead atoms. The molecule has 2 aromatic carbocycles.